The molecule has 1 rings (SSSR count). The van der Waals surface area contributed by atoms with Gasteiger partial charge in [0.05, 0.1) is 19.5 Å². The van der Waals surface area contributed by atoms with Crippen LogP contribution in [0.4, 0.5) is 0 Å². The Morgan fingerprint density at radius 2 is 1.80 bits per heavy atom. The van der Waals surface area contributed by atoms with Gasteiger partial charge in [-0.25, -0.2) is 13.6 Å². The third kappa shape index (κ3) is 5.02. The summed E-state index contributed by atoms with van der Waals surface area (Å²) in [5.74, 6) is 1.29. The number of ether oxygens (including phenoxy) is 2. The SMILES string of the molecule is CCC(CC)(COc1cccc(OC)c1)CS(N)(=O)=O. The molecule has 0 radical (unpaired) electrons. The van der Waals surface area contributed by atoms with Gasteiger partial charge in [0.2, 0.25) is 10.0 Å². The van der Waals surface area contributed by atoms with Crippen molar-refractivity contribution in [1.82, 2.24) is 0 Å². The topological polar surface area (TPSA) is 78.6 Å². The lowest BCUT2D eigenvalue weighted by molar-refractivity contribution is 0.154. The number of hydrogen-bond acceptors (Lipinski definition) is 4. The van der Waals surface area contributed by atoms with Gasteiger partial charge in [-0.3, -0.25) is 0 Å². The Kier molecular flexibility index (Phi) is 5.83. The maximum Gasteiger partial charge on any atom is 0.209 e. The normalized spacial score (nSPS) is 12.2. The Morgan fingerprint density at radius 3 is 2.30 bits per heavy atom. The van der Waals surface area contributed by atoms with Gasteiger partial charge < -0.3 is 9.47 Å². The number of rotatable bonds is 8. The second kappa shape index (κ2) is 6.95. The molecular formula is C14H23NO4S. The molecule has 6 heteroatoms. The number of primary sulfonamides is 1. The smallest absolute Gasteiger partial charge is 0.209 e. The van der Waals surface area contributed by atoms with Gasteiger partial charge in [0.25, 0.3) is 0 Å². The average Bonchev–Trinajstić information content (AvgIpc) is 2.42. The van der Waals surface area contributed by atoms with E-state index in [1.54, 1.807) is 13.2 Å². The molecule has 0 bridgehead atoms. The van der Waals surface area contributed by atoms with E-state index in [-0.39, 0.29) is 5.75 Å². The molecule has 0 atom stereocenters. The number of methoxy groups -OCH3 is 1. The van der Waals surface area contributed by atoms with Gasteiger partial charge in [0.1, 0.15) is 11.5 Å². The summed E-state index contributed by atoms with van der Waals surface area (Å²) in [5.41, 5.74) is -0.462. The third-order valence-electron chi connectivity index (χ3n) is 3.59. The van der Waals surface area contributed by atoms with E-state index < -0.39 is 15.4 Å². The predicted octanol–water partition coefficient (Wildman–Crippen LogP) is 2.17. The van der Waals surface area contributed by atoms with Crippen molar-refractivity contribution >= 4 is 10.0 Å². The van der Waals surface area contributed by atoms with Crippen molar-refractivity contribution in [3.05, 3.63) is 24.3 Å². The monoisotopic (exact) mass is 301 g/mol. The van der Waals surface area contributed by atoms with Crippen LogP contribution in [0.2, 0.25) is 0 Å². The number of nitrogens with two attached hydrogens (primary N) is 1. The molecule has 0 spiro atoms. The highest BCUT2D eigenvalue weighted by atomic mass is 32.2. The van der Waals surface area contributed by atoms with Crippen molar-refractivity contribution in [2.75, 3.05) is 19.5 Å². The first-order valence-electron chi connectivity index (χ1n) is 6.61. The van der Waals surface area contributed by atoms with Crippen molar-refractivity contribution < 1.29 is 17.9 Å². The lowest BCUT2D eigenvalue weighted by atomic mass is 9.85. The zero-order valence-electron chi connectivity index (χ0n) is 12.3. The van der Waals surface area contributed by atoms with E-state index in [4.69, 9.17) is 14.6 Å². The van der Waals surface area contributed by atoms with Crippen LogP contribution in [0.3, 0.4) is 0 Å². The Morgan fingerprint density at radius 1 is 1.20 bits per heavy atom. The van der Waals surface area contributed by atoms with Crippen LogP contribution in [0.5, 0.6) is 11.5 Å². The van der Waals surface area contributed by atoms with Gasteiger partial charge in [-0.1, -0.05) is 19.9 Å². The molecule has 0 aliphatic heterocycles. The van der Waals surface area contributed by atoms with Crippen LogP contribution in [0, 0.1) is 5.41 Å². The second-order valence-electron chi connectivity index (χ2n) is 4.98. The molecule has 0 aliphatic carbocycles. The molecule has 5 nitrogen and oxygen atoms in total. The molecule has 1 aromatic carbocycles. The Bertz CT molecular complexity index is 524. The number of sulfonamides is 1. The minimum absolute atomic E-state index is 0.0725. The van der Waals surface area contributed by atoms with Crippen LogP contribution in [0.1, 0.15) is 26.7 Å². The molecule has 0 saturated carbocycles. The highest BCUT2D eigenvalue weighted by molar-refractivity contribution is 7.89. The molecule has 114 valence electrons. The molecule has 1 aromatic rings. The molecule has 0 saturated heterocycles. The summed E-state index contributed by atoms with van der Waals surface area (Å²) in [7, 11) is -1.94. The average molecular weight is 301 g/mol. The van der Waals surface area contributed by atoms with Crippen molar-refractivity contribution in [3.8, 4) is 11.5 Å². The summed E-state index contributed by atoms with van der Waals surface area (Å²) in [5, 5.41) is 5.18. The van der Waals surface area contributed by atoms with Crippen molar-refractivity contribution in [2.45, 2.75) is 26.7 Å². The molecule has 0 aliphatic rings. The minimum atomic E-state index is -3.53. The number of hydrogen-bond donors (Lipinski definition) is 1. The molecule has 2 N–H and O–H groups in total. The van der Waals surface area contributed by atoms with Crippen LogP contribution in [0.25, 0.3) is 0 Å². The summed E-state index contributed by atoms with van der Waals surface area (Å²) >= 11 is 0. The van der Waals surface area contributed by atoms with E-state index >= 15 is 0 Å². The van der Waals surface area contributed by atoms with Crippen molar-refractivity contribution in [1.29, 1.82) is 0 Å². The van der Waals surface area contributed by atoms with Gasteiger partial charge in [-0.15, -0.1) is 0 Å². The largest absolute Gasteiger partial charge is 0.497 e. The maximum atomic E-state index is 11.4. The maximum absolute atomic E-state index is 11.4. The lowest BCUT2D eigenvalue weighted by Crippen LogP contribution is -2.37. The van der Waals surface area contributed by atoms with Crippen molar-refractivity contribution in [2.24, 2.45) is 10.6 Å². The number of benzene rings is 1. The van der Waals surface area contributed by atoms with Crippen LogP contribution < -0.4 is 14.6 Å². The van der Waals surface area contributed by atoms with Gasteiger partial charge in [0.15, 0.2) is 0 Å². The van der Waals surface area contributed by atoms with E-state index in [0.29, 0.717) is 30.9 Å². The van der Waals surface area contributed by atoms with E-state index in [1.165, 1.54) is 0 Å². The summed E-state index contributed by atoms with van der Waals surface area (Å²) in [6.45, 7) is 4.21. The third-order valence-corrected chi connectivity index (χ3v) is 4.61. The Labute approximate surface area is 121 Å². The van der Waals surface area contributed by atoms with Crippen LogP contribution in [-0.4, -0.2) is 27.9 Å². The molecular weight excluding hydrogens is 278 g/mol. The zero-order chi connectivity index (χ0) is 15.2. The molecule has 0 heterocycles. The summed E-state index contributed by atoms with van der Waals surface area (Å²) < 4.78 is 33.6. The quantitative estimate of drug-likeness (QED) is 0.798. The fourth-order valence-corrected chi connectivity index (χ4v) is 3.40. The van der Waals surface area contributed by atoms with Gasteiger partial charge in [0, 0.05) is 11.5 Å². The van der Waals surface area contributed by atoms with E-state index in [9.17, 15) is 8.42 Å². The Hall–Kier alpha value is -1.27. The van der Waals surface area contributed by atoms with E-state index in [1.807, 2.05) is 32.0 Å². The second-order valence-corrected chi connectivity index (χ2v) is 6.60. The first kappa shape index (κ1) is 16.8. The predicted molar refractivity (Wildman–Crippen MR) is 79.5 cm³/mol. The summed E-state index contributed by atoms with van der Waals surface area (Å²) in [4.78, 5) is 0. The summed E-state index contributed by atoms with van der Waals surface area (Å²) in [6.07, 6.45) is 1.37. The molecule has 0 aromatic heterocycles. The molecule has 0 unspecified atom stereocenters. The first-order valence-corrected chi connectivity index (χ1v) is 8.33. The zero-order valence-corrected chi connectivity index (χ0v) is 13.1. The first-order chi connectivity index (χ1) is 9.34. The minimum Gasteiger partial charge on any atom is -0.497 e. The van der Waals surface area contributed by atoms with Gasteiger partial charge in [-0.05, 0) is 25.0 Å². The van der Waals surface area contributed by atoms with E-state index in [0.717, 1.165) is 0 Å². The van der Waals surface area contributed by atoms with Crippen LogP contribution in [0.15, 0.2) is 24.3 Å². The lowest BCUT2D eigenvalue weighted by Gasteiger charge is -2.30. The van der Waals surface area contributed by atoms with Crippen molar-refractivity contribution in [3.63, 3.8) is 0 Å². The highest BCUT2D eigenvalue weighted by Crippen LogP contribution is 2.29. The molecule has 20 heavy (non-hydrogen) atoms. The fourth-order valence-electron chi connectivity index (χ4n) is 2.05. The highest BCUT2D eigenvalue weighted by Gasteiger charge is 2.32. The van der Waals surface area contributed by atoms with Gasteiger partial charge in [-0.2, -0.15) is 0 Å². The molecule has 0 amide bonds. The van der Waals surface area contributed by atoms with E-state index in [2.05, 4.69) is 0 Å². The summed E-state index contributed by atoms with van der Waals surface area (Å²) in [6, 6.07) is 7.24. The molecule has 0 fully saturated rings. The van der Waals surface area contributed by atoms with Crippen LogP contribution >= 0.6 is 0 Å². The standard InChI is InChI=1S/C14H23NO4S/c1-4-14(5-2,11-20(15,16)17)10-19-13-8-6-7-12(9-13)18-3/h6-9H,4-5,10-11H2,1-3H3,(H2,15,16,17). The van der Waals surface area contributed by atoms with Crippen LogP contribution in [-0.2, 0) is 10.0 Å². The Balaban J connectivity index is 2.81. The fraction of sp³-hybridized carbons (Fsp3) is 0.571. The van der Waals surface area contributed by atoms with Gasteiger partial charge >= 0.3 is 0 Å².